The van der Waals surface area contributed by atoms with Gasteiger partial charge in [-0.3, -0.25) is 0 Å². The van der Waals surface area contributed by atoms with E-state index in [-0.39, 0.29) is 63.2 Å². The van der Waals surface area contributed by atoms with Crippen molar-refractivity contribution in [3.05, 3.63) is 24.0 Å². The summed E-state index contributed by atoms with van der Waals surface area (Å²) < 4.78 is 57.3. The average molecular weight is 328 g/mol. The van der Waals surface area contributed by atoms with Crippen molar-refractivity contribution in [2.75, 3.05) is 0 Å². The van der Waals surface area contributed by atoms with Crippen molar-refractivity contribution in [2.45, 2.75) is 45.1 Å². The third-order valence-electron chi connectivity index (χ3n) is 3.98. The Labute approximate surface area is 165 Å². The van der Waals surface area contributed by atoms with Crippen molar-refractivity contribution in [1.29, 1.82) is 0 Å². The summed E-state index contributed by atoms with van der Waals surface area (Å²) in [6.07, 6.45) is 4.57. The zero-order valence-electron chi connectivity index (χ0n) is 12.4. The summed E-state index contributed by atoms with van der Waals surface area (Å²) in [5, 5.41) is 0. The smallest absolute Gasteiger partial charge is 0.487 e. The van der Waals surface area contributed by atoms with Gasteiger partial charge in [-0.1, -0.05) is 19.4 Å². The zero-order chi connectivity index (χ0) is 14.8. The van der Waals surface area contributed by atoms with E-state index in [1.807, 2.05) is 6.92 Å². The van der Waals surface area contributed by atoms with Crippen LogP contribution >= 0.6 is 0 Å². The Balaban J connectivity index is 0.00000220. The first-order valence-corrected chi connectivity index (χ1v) is 7.08. The summed E-state index contributed by atoms with van der Waals surface area (Å²) >= 11 is 0. The second kappa shape index (κ2) is 8.34. The van der Waals surface area contributed by atoms with E-state index in [1.54, 1.807) is 0 Å². The Kier molecular flexibility index (Phi) is 7.74. The van der Waals surface area contributed by atoms with Crippen LogP contribution in [0.15, 0.2) is 18.2 Å². The molecule has 0 saturated heterocycles. The van der Waals surface area contributed by atoms with E-state index in [0.29, 0.717) is 5.92 Å². The van der Waals surface area contributed by atoms with Gasteiger partial charge >= 0.3 is 58.4 Å². The van der Waals surface area contributed by atoms with Crippen LogP contribution in [0.4, 0.5) is 17.3 Å². The van der Waals surface area contributed by atoms with E-state index in [4.69, 9.17) is 4.74 Å². The number of rotatable bonds is 4. The van der Waals surface area contributed by atoms with Gasteiger partial charge in [-0.15, -0.1) is 5.46 Å². The average Bonchev–Trinajstić information content (AvgIpc) is 2.40. The third kappa shape index (κ3) is 5.23. The first-order chi connectivity index (χ1) is 9.41. The zero-order valence-corrected chi connectivity index (χ0v) is 15.5. The van der Waals surface area contributed by atoms with E-state index in [2.05, 4.69) is 0 Å². The fraction of sp³-hybridized carbons (Fsp3) is 0.571. The van der Waals surface area contributed by atoms with Crippen LogP contribution in [0.5, 0.6) is 5.75 Å². The summed E-state index contributed by atoms with van der Waals surface area (Å²) in [5.41, 5.74) is -0.815. The predicted molar refractivity (Wildman–Crippen MR) is 71.8 cm³/mol. The first-order valence-electron chi connectivity index (χ1n) is 7.08. The monoisotopic (exact) mass is 328 g/mol. The van der Waals surface area contributed by atoms with Gasteiger partial charge in [0.2, 0.25) is 0 Å². The van der Waals surface area contributed by atoms with Crippen LogP contribution in [0, 0.1) is 11.7 Å². The molecule has 0 spiro atoms. The minimum atomic E-state index is -5.13. The number of benzene rings is 1. The second-order valence-corrected chi connectivity index (χ2v) is 5.37. The molecular weight excluding hydrogens is 310 g/mol. The van der Waals surface area contributed by atoms with Gasteiger partial charge in [-0.25, -0.2) is 4.39 Å². The molecule has 0 N–H and O–H groups in total. The fourth-order valence-electron chi connectivity index (χ4n) is 2.77. The molecule has 0 aromatic heterocycles. The number of hydrogen-bond acceptors (Lipinski definition) is 1. The Bertz CT molecular complexity index is 467. The van der Waals surface area contributed by atoms with Crippen LogP contribution in [0.1, 0.15) is 39.0 Å². The molecule has 2 unspecified atom stereocenters. The molecule has 0 heterocycles. The van der Waals surface area contributed by atoms with E-state index in [0.717, 1.165) is 50.3 Å². The van der Waals surface area contributed by atoms with Crippen molar-refractivity contribution < 1.29 is 73.5 Å². The Hall–Kier alpha value is 0.441. The van der Waals surface area contributed by atoms with E-state index < -0.39 is 18.3 Å². The maximum atomic E-state index is 13.7. The standard InChI is InChI=1S/C14H18BF4O.K/c1-2-10-5-3-4-6-13(10)20-14-9-11(15(17,18)19)7-8-12(14)16;/h7-10,13H,2-6H2,1H3;/q-1;+1. The molecule has 2 atom stereocenters. The molecule has 1 aliphatic rings. The summed E-state index contributed by atoms with van der Waals surface area (Å²) in [6.45, 7) is -3.11. The van der Waals surface area contributed by atoms with Gasteiger partial charge in [-0.2, -0.15) is 0 Å². The molecular formula is C14H18BF4KO. The van der Waals surface area contributed by atoms with Crippen molar-refractivity contribution in [1.82, 2.24) is 0 Å². The summed E-state index contributed by atoms with van der Waals surface area (Å²) in [6, 6.07) is 2.39. The molecule has 1 aromatic rings. The minimum Gasteiger partial charge on any atom is -0.487 e. The molecule has 1 aliphatic carbocycles. The Morgan fingerprint density at radius 2 is 1.86 bits per heavy atom. The van der Waals surface area contributed by atoms with Crippen LogP contribution < -0.4 is 61.6 Å². The maximum absolute atomic E-state index is 13.7. The van der Waals surface area contributed by atoms with Gasteiger partial charge in [-0.05, 0) is 43.7 Å². The fourth-order valence-corrected chi connectivity index (χ4v) is 2.77. The van der Waals surface area contributed by atoms with Gasteiger partial charge in [0.15, 0.2) is 11.6 Å². The van der Waals surface area contributed by atoms with Crippen LogP contribution in [-0.2, 0) is 0 Å². The quantitative estimate of drug-likeness (QED) is 0.597. The van der Waals surface area contributed by atoms with Crippen molar-refractivity contribution in [2.24, 2.45) is 5.92 Å². The van der Waals surface area contributed by atoms with Crippen molar-refractivity contribution in [3.63, 3.8) is 0 Å². The number of halogens is 4. The maximum Gasteiger partial charge on any atom is 1.00 e. The molecule has 0 bridgehead atoms. The SMILES string of the molecule is CCC1CCCCC1Oc1cc([B-](F)(F)F)ccc1F.[K+]. The van der Waals surface area contributed by atoms with Gasteiger partial charge in [0.1, 0.15) is 6.10 Å². The topological polar surface area (TPSA) is 9.23 Å². The molecule has 21 heavy (non-hydrogen) atoms. The third-order valence-corrected chi connectivity index (χ3v) is 3.98. The molecule has 1 nitrogen and oxygen atoms in total. The van der Waals surface area contributed by atoms with Crippen LogP contribution in [0.25, 0.3) is 0 Å². The molecule has 112 valence electrons. The summed E-state index contributed by atoms with van der Waals surface area (Å²) in [5.74, 6) is -0.704. The van der Waals surface area contributed by atoms with Crippen LogP contribution in [0.2, 0.25) is 0 Å². The first kappa shape index (κ1) is 19.5. The van der Waals surface area contributed by atoms with E-state index >= 15 is 0 Å². The van der Waals surface area contributed by atoms with Gasteiger partial charge < -0.3 is 17.7 Å². The normalized spacial score (nSPS) is 22.5. The number of ether oxygens (including phenoxy) is 1. The van der Waals surface area contributed by atoms with Gasteiger partial charge in [0, 0.05) is 0 Å². The molecule has 0 aliphatic heterocycles. The van der Waals surface area contributed by atoms with E-state index in [1.165, 1.54) is 0 Å². The van der Waals surface area contributed by atoms with Gasteiger partial charge in [0.05, 0.1) is 0 Å². The van der Waals surface area contributed by atoms with Crippen LogP contribution in [-0.4, -0.2) is 13.1 Å². The van der Waals surface area contributed by atoms with E-state index in [9.17, 15) is 17.3 Å². The molecule has 0 radical (unpaired) electrons. The Morgan fingerprint density at radius 1 is 1.19 bits per heavy atom. The van der Waals surface area contributed by atoms with Crippen molar-refractivity contribution >= 4 is 12.4 Å². The summed E-state index contributed by atoms with van der Waals surface area (Å²) in [4.78, 5) is 0. The Morgan fingerprint density at radius 3 is 2.48 bits per heavy atom. The van der Waals surface area contributed by atoms with Crippen LogP contribution in [0.3, 0.4) is 0 Å². The summed E-state index contributed by atoms with van der Waals surface area (Å²) in [7, 11) is 0. The second-order valence-electron chi connectivity index (χ2n) is 5.37. The largest absolute Gasteiger partial charge is 1.00 e. The molecule has 1 fully saturated rings. The molecule has 0 amide bonds. The molecule has 1 aromatic carbocycles. The minimum absolute atomic E-state index is 0. The molecule has 1 saturated carbocycles. The molecule has 2 rings (SSSR count). The predicted octanol–water partition coefficient (Wildman–Crippen LogP) is 1.23. The van der Waals surface area contributed by atoms with Gasteiger partial charge in [0.25, 0.3) is 0 Å². The number of hydrogen-bond donors (Lipinski definition) is 0. The molecule has 7 heteroatoms. The van der Waals surface area contributed by atoms with Crippen molar-refractivity contribution in [3.8, 4) is 5.75 Å².